The molecule has 1 aliphatic carbocycles. The van der Waals surface area contributed by atoms with Gasteiger partial charge >= 0.3 is 5.97 Å². The van der Waals surface area contributed by atoms with Gasteiger partial charge in [-0.2, -0.15) is 0 Å². The summed E-state index contributed by atoms with van der Waals surface area (Å²) in [6.45, 7) is 1.18. The van der Waals surface area contributed by atoms with E-state index in [-0.39, 0.29) is 36.8 Å². The largest absolute Gasteiger partial charge is 0.487 e. The summed E-state index contributed by atoms with van der Waals surface area (Å²) in [5.41, 5.74) is 0.207. The van der Waals surface area contributed by atoms with Gasteiger partial charge in [-0.1, -0.05) is 6.08 Å². The highest BCUT2D eigenvalue weighted by atomic mass is 16.6. The predicted octanol–water partition coefficient (Wildman–Crippen LogP) is 0.359. The van der Waals surface area contributed by atoms with Crippen molar-refractivity contribution in [1.82, 2.24) is 0 Å². The van der Waals surface area contributed by atoms with E-state index in [0.717, 1.165) is 0 Å². The van der Waals surface area contributed by atoms with Crippen LogP contribution in [0.15, 0.2) is 23.5 Å². The second-order valence-corrected chi connectivity index (χ2v) is 3.37. The SMILES string of the molecule is O=C1CC=CC2=C1OCCOCCOC2=O. The van der Waals surface area contributed by atoms with Crippen molar-refractivity contribution in [2.45, 2.75) is 6.42 Å². The van der Waals surface area contributed by atoms with Crippen molar-refractivity contribution in [3.63, 3.8) is 0 Å². The zero-order valence-corrected chi connectivity index (χ0v) is 8.73. The molecule has 0 aromatic heterocycles. The number of carbonyl (C=O) groups is 2. The molecule has 1 heterocycles. The highest BCUT2D eigenvalue weighted by Gasteiger charge is 2.24. The van der Waals surface area contributed by atoms with E-state index in [0.29, 0.717) is 13.2 Å². The van der Waals surface area contributed by atoms with E-state index in [9.17, 15) is 9.59 Å². The van der Waals surface area contributed by atoms with E-state index in [1.54, 1.807) is 12.2 Å². The number of allylic oxidation sites excluding steroid dienone is 2. The Balaban J connectivity index is 2.26. The maximum Gasteiger partial charge on any atom is 0.342 e. The van der Waals surface area contributed by atoms with Crippen LogP contribution in [-0.2, 0) is 23.8 Å². The second-order valence-electron chi connectivity index (χ2n) is 3.37. The molecule has 0 fully saturated rings. The van der Waals surface area contributed by atoms with E-state index < -0.39 is 5.97 Å². The van der Waals surface area contributed by atoms with Crippen molar-refractivity contribution in [2.24, 2.45) is 0 Å². The Morgan fingerprint density at radius 3 is 2.56 bits per heavy atom. The number of rotatable bonds is 0. The Morgan fingerprint density at radius 1 is 1.00 bits per heavy atom. The van der Waals surface area contributed by atoms with E-state index in [4.69, 9.17) is 14.2 Å². The molecule has 0 N–H and O–H groups in total. The third-order valence-corrected chi connectivity index (χ3v) is 2.24. The molecular weight excluding hydrogens is 212 g/mol. The van der Waals surface area contributed by atoms with Gasteiger partial charge in [0.05, 0.1) is 13.2 Å². The number of cyclic esters (lactones) is 1. The highest BCUT2D eigenvalue weighted by Crippen LogP contribution is 2.18. The molecule has 0 bridgehead atoms. The number of carbonyl (C=O) groups excluding carboxylic acids is 2. The predicted molar refractivity (Wildman–Crippen MR) is 53.5 cm³/mol. The molecule has 2 rings (SSSR count). The quantitative estimate of drug-likeness (QED) is 0.556. The third kappa shape index (κ3) is 2.30. The molecule has 0 saturated carbocycles. The Labute approximate surface area is 92.7 Å². The van der Waals surface area contributed by atoms with Gasteiger partial charge in [-0.15, -0.1) is 0 Å². The van der Waals surface area contributed by atoms with Gasteiger partial charge in [0, 0.05) is 6.42 Å². The second kappa shape index (κ2) is 4.94. The minimum absolute atomic E-state index is 0.0954. The van der Waals surface area contributed by atoms with Crippen LogP contribution in [0.5, 0.6) is 0 Å². The summed E-state index contributed by atoms with van der Waals surface area (Å²) in [5, 5.41) is 0. The fourth-order valence-corrected chi connectivity index (χ4v) is 1.50. The van der Waals surface area contributed by atoms with E-state index >= 15 is 0 Å². The fraction of sp³-hybridized carbons (Fsp3) is 0.455. The molecule has 5 nitrogen and oxygen atoms in total. The topological polar surface area (TPSA) is 61.8 Å². The van der Waals surface area contributed by atoms with Crippen LogP contribution in [0, 0.1) is 0 Å². The van der Waals surface area contributed by atoms with Crippen LogP contribution in [0.25, 0.3) is 0 Å². The lowest BCUT2D eigenvalue weighted by Crippen LogP contribution is -2.22. The first-order chi connectivity index (χ1) is 7.79. The van der Waals surface area contributed by atoms with Crippen LogP contribution in [0.2, 0.25) is 0 Å². The monoisotopic (exact) mass is 224 g/mol. The minimum Gasteiger partial charge on any atom is -0.487 e. The Bertz CT molecular complexity index is 367. The minimum atomic E-state index is -0.537. The average molecular weight is 224 g/mol. The summed E-state index contributed by atoms with van der Waals surface area (Å²) in [4.78, 5) is 23.1. The zero-order chi connectivity index (χ0) is 11.4. The van der Waals surface area contributed by atoms with Gasteiger partial charge in [0.15, 0.2) is 5.76 Å². The average Bonchev–Trinajstić information content (AvgIpc) is 2.29. The lowest BCUT2D eigenvalue weighted by molar-refractivity contribution is -0.141. The van der Waals surface area contributed by atoms with Crippen LogP contribution < -0.4 is 0 Å². The van der Waals surface area contributed by atoms with Crippen molar-refractivity contribution < 1.29 is 23.8 Å². The molecule has 0 unspecified atom stereocenters. The van der Waals surface area contributed by atoms with Crippen LogP contribution in [0.4, 0.5) is 0 Å². The van der Waals surface area contributed by atoms with Crippen molar-refractivity contribution in [3.8, 4) is 0 Å². The summed E-state index contributed by atoms with van der Waals surface area (Å²) >= 11 is 0. The number of ketones is 1. The number of Topliss-reactive ketones (excluding diaryl/α,β-unsaturated/α-hetero) is 1. The Morgan fingerprint density at radius 2 is 1.75 bits per heavy atom. The third-order valence-electron chi connectivity index (χ3n) is 2.24. The lowest BCUT2D eigenvalue weighted by atomic mass is 10.0. The molecule has 16 heavy (non-hydrogen) atoms. The first-order valence-electron chi connectivity index (χ1n) is 5.11. The molecule has 0 saturated heterocycles. The number of hydrogen-bond donors (Lipinski definition) is 0. The van der Waals surface area contributed by atoms with Gasteiger partial charge in [-0.25, -0.2) is 4.79 Å². The van der Waals surface area contributed by atoms with Crippen molar-refractivity contribution in [2.75, 3.05) is 26.4 Å². The van der Waals surface area contributed by atoms with Crippen molar-refractivity contribution in [1.29, 1.82) is 0 Å². The number of ether oxygens (including phenoxy) is 3. The van der Waals surface area contributed by atoms with Gasteiger partial charge in [0.25, 0.3) is 0 Å². The molecular formula is C11H12O5. The Kier molecular flexibility index (Phi) is 3.36. The maximum atomic E-state index is 11.6. The van der Waals surface area contributed by atoms with Crippen LogP contribution in [0.3, 0.4) is 0 Å². The molecule has 0 spiro atoms. The van der Waals surface area contributed by atoms with Gasteiger partial charge in [0.1, 0.15) is 18.8 Å². The first-order valence-corrected chi connectivity index (χ1v) is 5.11. The summed E-state index contributed by atoms with van der Waals surface area (Å²) in [7, 11) is 0. The first kappa shape index (κ1) is 10.9. The molecule has 5 heteroatoms. The fourth-order valence-electron chi connectivity index (χ4n) is 1.50. The van der Waals surface area contributed by atoms with Crippen molar-refractivity contribution in [3.05, 3.63) is 23.5 Å². The van der Waals surface area contributed by atoms with Crippen LogP contribution >= 0.6 is 0 Å². The summed E-state index contributed by atoms with van der Waals surface area (Å²) in [5.74, 6) is -0.641. The van der Waals surface area contributed by atoms with Gasteiger partial charge in [0.2, 0.25) is 5.78 Å². The summed E-state index contributed by atoms with van der Waals surface area (Å²) < 4.78 is 15.3. The molecule has 86 valence electrons. The highest BCUT2D eigenvalue weighted by molar-refractivity contribution is 6.06. The summed E-state index contributed by atoms with van der Waals surface area (Å²) in [6, 6.07) is 0. The normalized spacial score (nSPS) is 22.2. The van der Waals surface area contributed by atoms with Crippen molar-refractivity contribution >= 4 is 11.8 Å². The standard InChI is InChI=1S/C11H12O5/c12-9-3-1-2-8-10(9)15-6-4-14-5-7-16-11(8)13/h1-2H,3-7H2. The smallest absolute Gasteiger partial charge is 0.342 e. The van der Waals surface area contributed by atoms with Gasteiger partial charge in [-0.05, 0) is 6.08 Å². The Hall–Kier alpha value is -1.62. The number of esters is 1. The summed E-state index contributed by atoms with van der Waals surface area (Å²) in [6.07, 6.45) is 3.46. The van der Waals surface area contributed by atoms with Crippen LogP contribution in [-0.4, -0.2) is 38.2 Å². The van der Waals surface area contributed by atoms with E-state index in [1.807, 2.05) is 0 Å². The van der Waals surface area contributed by atoms with E-state index in [2.05, 4.69) is 0 Å². The molecule has 0 atom stereocenters. The molecule has 2 aliphatic rings. The molecule has 0 aromatic carbocycles. The molecule has 0 aromatic rings. The molecule has 1 aliphatic heterocycles. The zero-order valence-electron chi connectivity index (χ0n) is 8.73. The van der Waals surface area contributed by atoms with E-state index in [1.165, 1.54) is 0 Å². The molecule has 0 radical (unpaired) electrons. The van der Waals surface area contributed by atoms with Gasteiger partial charge in [-0.3, -0.25) is 4.79 Å². The van der Waals surface area contributed by atoms with Crippen LogP contribution in [0.1, 0.15) is 6.42 Å². The lowest BCUT2D eigenvalue weighted by Gasteiger charge is -2.17. The number of hydrogen-bond acceptors (Lipinski definition) is 5. The maximum absolute atomic E-state index is 11.6. The molecule has 0 amide bonds. The van der Waals surface area contributed by atoms with Gasteiger partial charge < -0.3 is 14.2 Å².